The number of aryl methyl sites for hydroxylation is 2. The van der Waals surface area contributed by atoms with Crippen molar-refractivity contribution in [2.75, 3.05) is 0 Å². The topological polar surface area (TPSA) is 83.8 Å². The molecule has 0 fully saturated rings. The number of ether oxygens (including phenoxy) is 1. The molecule has 2 rings (SSSR count). The average molecular weight is 573 g/mol. The van der Waals surface area contributed by atoms with Gasteiger partial charge in [0.15, 0.2) is 0 Å². The molecule has 0 amide bonds. The van der Waals surface area contributed by atoms with E-state index in [2.05, 4.69) is 63.4 Å². The smallest absolute Gasteiger partial charge is 0.394 e. The summed E-state index contributed by atoms with van der Waals surface area (Å²) in [7, 11) is -4.67. The second kappa shape index (κ2) is 21.4. The molecule has 2 N–H and O–H groups in total. The van der Waals surface area contributed by atoms with Crippen molar-refractivity contribution in [3.05, 3.63) is 71.8 Å². The van der Waals surface area contributed by atoms with Crippen molar-refractivity contribution in [2.24, 2.45) is 0 Å². The molecule has 0 heterocycles. The van der Waals surface area contributed by atoms with Crippen LogP contribution in [0.25, 0.3) is 12.2 Å². The van der Waals surface area contributed by atoms with E-state index in [1.807, 2.05) is 12.2 Å². The molecule has 0 atom stereocenters. The Morgan fingerprint density at radius 2 is 0.950 bits per heavy atom. The van der Waals surface area contributed by atoms with Gasteiger partial charge in [-0.05, 0) is 61.1 Å². The molecule has 224 valence electrons. The van der Waals surface area contributed by atoms with Gasteiger partial charge in [-0.3, -0.25) is 9.11 Å². The summed E-state index contributed by atoms with van der Waals surface area (Å²) in [5.41, 5.74) is 4.87. The van der Waals surface area contributed by atoms with E-state index in [0.29, 0.717) is 0 Å². The highest BCUT2D eigenvalue weighted by Crippen LogP contribution is 2.31. The first-order chi connectivity index (χ1) is 19.2. The van der Waals surface area contributed by atoms with Gasteiger partial charge in [0, 0.05) is 11.1 Å². The third kappa shape index (κ3) is 17.3. The Hall–Kier alpha value is -2.41. The Labute approximate surface area is 244 Å². The minimum atomic E-state index is -4.67. The van der Waals surface area contributed by atoms with Crippen LogP contribution in [-0.4, -0.2) is 17.5 Å². The van der Waals surface area contributed by atoms with Gasteiger partial charge in [-0.15, -0.1) is 0 Å². The quantitative estimate of drug-likeness (QED) is 0.122. The lowest BCUT2D eigenvalue weighted by molar-refractivity contribution is 0.381. The molecule has 0 aliphatic rings. The van der Waals surface area contributed by atoms with Gasteiger partial charge in [0.25, 0.3) is 0 Å². The van der Waals surface area contributed by atoms with E-state index in [1.54, 1.807) is 0 Å². The lowest BCUT2D eigenvalue weighted by Crippen LogP contribution is -1.94. The summed E-state index contributed by atoms with van der Waals surface area (Å²) < 4.78 is 37.9. The molecule has 6 heteroatoms. The van der Waals surface area contributed by atoms with Gasteiger partial charge in [-0.25, -0.2) is 0 Å². The predicted octanol–water partition coefficient (Wildman–Crippen LogP) is 10.7. The first-order valence-corrected chi connectivity index (χ1v) is 16.5. The van der Waals surface area contributed by atoms with E-state index in [1.165, 1.54) is 101 Å². The normalized spacial score (nSPS) is 11.0. The summed E-state index contributed by atoms with van der Waals surface area (Å²) in [5.74, 6) is 1.73. The maximum atomic E-state index is 8.74. The molecule has 0 saturated heterocycles. The standard InChI is InChI=1S/C34H50O.H2O4S/c1-5-9-11-13-15-17-19-21-29-23-25-33(31(7-3)27-29)35-34-26-24-30(28-32(34)8-4)22-20-18-16-14-12-10-6-2;1-5(2,3)4/h7-8,23-28H,3-6,9-22H2,1-2H3;(H2,1,2,3,4). The monoisotopic (exact) mass is 572 g/mol. The predicted molar refractivity (Wildman–Crippen MR) is 171 cm³/mol. The van der Waals surface area contributed by atoms with E-state index in [-0.39, 0.29) is 0 Å². The zero-order valence-electron chi connectivity index (χ0n) is 24.9. The zero-order chi connectivity index (χ0) is 29.6. The summed E-state index contributed by atoms with van der Waals surface area (Å²) in [4.78, 5) is 0. The Bertz CT molecular complexity index is 1010. The van der Waals surface area contributed by atoms with Crippen molar-refractivity contribution >= 4 is 22.6 Å². The average Bonchev–Trinajstić information content (AvgIpc) is 2.92. The molecule has 0 unspecified atom stereocenters. The van der Waals surface area contributed by atoms with E-state index in [9.17, 15) is 0 Å². The highest BCUT2D eigenvalue weighted by atomic mass is 32.3. The second-order valence-corrected chi connectivity index (χ2v) is 11.3. The van der Waals surface area contributed by atoms with Crippen LogP contribution in [-0.2, 0) is 23.2 Å². The molecule has 0 aliphatic heterocycles. The molecule has 2 aromatic carbocycles. The number of rotatable bonds is 20. The number of hydrogen-bond acceptors (Lipinski definition) is 3. The van der Waals surface area contributed by atoms with Crippen LogP contribution in [0.1, 0.15) is 126 Å². The summed E-state index contributed by atoms with van der Waals surface area (Å²) in [6.07, 6.45) is 24.8. The molecular formula is C34H52O5S. The Balaban J connectivity index is 0.00000146. The van der Waals surface area contributed by atoms with Crippen molar-refractivity contribution in [1.82, 2.24) is 0 Å². The van der Waals surface area contributed by atoms with Crippen LogP contribution >= 0.6 is 0 Å². The van der Waals surface area contributed by atoms with E-state index >= 15 is 0 Å². The Morgan fingerprint density at radius 1 is 0.625 bits per heavy atom. The first kappa shape index (κ1) is 35.6. The van der Waals surface area contributed by atoms with Gasteiger partial charge in [-0.2, -0.15) is 8.42 Å². The molecule has 0 aromatic heterocycles. The molecule has 0 bridgehead atoms. The third-order valence-corrected chi connectivity index (χ3v) is 6.95. The van der Waals surface area contributed by atoms with Crippen LogP contribution in [0.5, 0.6) is 11.5 Å². The maximum absolute atomic E-state index is 8.74. The number of benzene rings is 2. The van der Waals surface area contributed by atoms with E-state index < -0.39 is 10.4 Å². The largest absolute Gasteiger partial charge is 0.456 e. The van der Waals surface area contributed by atoms with Gasteiger partial charge in [0.05, 0.1) is 0 Å². The van der Waals surface area contributed by atoms with Crippen molar-refractivity contribution in [3.63, 3.8) is 0 Å². The minimum Gasteiger partial charge on any atom is -0.456 e. The maximum Gasteiger partial charge on any atom is 0.394 e. The lowest BCUT2D eigenvalue weighted by atomic mass is 10.0. The summed E-state index contributed by atoms with van der Waals surface area (Å²) in [5, 5.41) is 0. The number of unbranched alkanes of at least 4 members (excludes halogenated alkanes) is 12. The summed E-state index contributed by atoms with van der Waals surface area (Å²) in [6.45, 7) is 12.6. The molecule has 0 aliphatic carbocycles. The molecule has 0 spiro atoms. The Morgan fingerprint density at radius 3 is 1.27 bits per heavy atom. The van der Waals surface area contributed by atoms with Crippen LogP contribution < -0.4 is 4.74 Å². The first-order valence-electron chi connectivity index (χ1n) is 15.1. The fourth-order valence-corrected chi connectivity index (χ4v) is 4.70. The molecule has 2 aromatic rings. The van der Waals surface area contributed by atoms with Crippen LogP contribution in [0, 0.1) is 0 Å². The van der Waals surface area contributed by atoms with Crippen LogP contribution in [0.4, 0.5) is 0 Å². The van der Waals surface area contributed by atoms with Gasteiger partial charge in [-0.1, -0.05) is 128 Å². The van der Waals surface area contributed by atoms with Crippen molar-refractivity contribution in [3.8, 4) is 11.5 Å². The van der Waals surface area contributed by atoms with Gasteiger partial charge >= 0.3 is 10.4 Å². The Kier molecular flexibility index (Phi) is 19.0. The van der Waals surface area contributed by atoms with Crippen molar-refractivity contribution in [2.45, 2.75) is 117 Å². The molecule has 40 heavy (non-hydrogen) atoms. The second-order valence-electron chi connectivity index (χ2n) is 10.4. The molecule has 5 nitrogen and oxygen atoms in total. The highest BCUT2D eigenvalue weighted by Gasteiger charge is 2.08. The zero-order valence-corrected chi connectivity index (χ0v) is 25.7. The fourth-order valence-electron chi connectivity index (χ4n) is 4.70. The molecule has 0 radical (unpaired) electrons. The van der Waals surface area contributed by atoms with Crippen LogP contribution in [0.3, 0.4) is 0 Å². The van der Waals surface area contributed by atoms with Gasteiger partial charge in [0.2, 0.25) is 0 Å². The summed E-state index contributed by atoms with van der Waals surface area (Å²) >= 11 is 0. The van der Waals surface area contributed by atoms with Gasteiger partial charge < -0.3 is 4.74 Å². The van der Waals surface area contributed by atoms with Gasteiger partial charge in [0.1, 0.15) is 11.5 Å². The van der Waals surface area contributed by atoms with E-state index in [0.717, 1.165) is 35.5 Å². The molecular weight excluding hydrogens is 520 g/mol. The van der Waals surface area contributed by atoms with Crippen molar-refractivity contribution < 1.29 is 22.3 Å². The van der Waals surface area contributed by atoms with Crippen molar-refractivity contribution in [1.29, 1.82) is 0 Å². The van der Waals surface area contributed by atoms with E-state index in [4.69, 9.17) is 22.3 Å². The minimum absolute atomic E-state index is 0.867. The van der Waals surface area contributed by atoms with Crippen LogP contribution in [0.15, 0.2) is 49.6 Å². The lowest BCUT2D eigenvalue weighted by Gasteiger charge is -2.14. The fraction of sp³-hybridized carbons (Fsp3) is 0.529. The van der Waals surface area contributed by atoms with Crippen LogP contribution in [0.2, 0.25) is 0 Å². The number of hydrogen-bond donors (Lipinski definition) is 2. The molecule has 0 saturated carbocycles. The SMILES string of the molecule is C=Cc1cc(CCCCCCCCC)ccc1Oc1ccc(CCCCCCCCC)cc1C=C.O=S(=O)(O)O. The highest BCUT2D eigenvalue weighted by molar-refractivity contribution is 7.79. The third-order valence-electron chi connectivity index (χ3n) is 6.95. The summed E-state index contributed by atoms with van der Waals surface area (Å²) in [6, 6.07) is 13.1.